The van der Waals surface area contributed by atoms with Gasteiger partial charge in [-0.2, -0.15) is 0 Å². The van der Waals surface area contributed by atoms with Gasteiger partial charge in [0.1, 0.15) is 0 Å². The van der Waals surface area contributed by atoms with Crippen LogP contribution in [0, 0.1) is 10.1 Å². The van der Waals surface area contributed by atoms with Gasteiger partial charge in [0, 0.05) is 31.3 Å². The number of ether oxygens (including phenoxy) is 1. The minimum atomic E-state index is -0.919. The summed E-state index contributed by atoms with van der Waals surface area (Å²) in [4.78, 5) is 45.0. The van der Waals surface area contributed by atoms with Crippen LogP contribution in [0.1, 0.15) is 22.8 Å². The predicted molar refractivity (Wildman–Crippen MR) is 99.1 cm³/mol. The van der Waals surface area contributed by atoms with Crippen LogP contribution < -0.4 is 16.2 Å². The molecule has 10 nitrogen and oxygen atoms in total. The molecular weight excluding hydrogens is 368 g/mol. The molecule has 0 aliphatic heterocycles. The van der Waals surface area contributed by atoms with Crippen molar-refractivity contribution < 1.29 is 24.0 Å². The van der Waals surface area contributed by atoms with E-state index < -0.39 is 29.3 Å². The van der Waals surface area contributed by atoms with E-state index in [4.69, 9.17) is 4.74 Å². The Hall–Kier alpha value is -3.95. The maximum atomic E-state index is 12.3. The zero-order valence-electron chi connectivity index (χ0n) is 14.9. The normalized spacial score (nSPS) is 9.89. The van der Waals surface area contributed by atoms with E-state index in [9.17, 15) is 24.5 Å². The number of non-ortho nitro benzene ring substituents is 1. The largest absolute Gasteiger partial charge is 0.452 e. The van der Waals surface area contributed by atoms with Crippen LogP contribution in [0.25, 0.3) is 0 Å². The van der Waals surface area contributed by atoms with E-state index in [1.165, 1.54) is 19.1 Å². The van der Waals surface area contributed by atoms with Gasteiger partial charge in [-0.1, -0.05) is 30.3 Å². The minimum absolute atomic E-state index is 0.0857. The monoisotopic (exact) mass is 386 g/mol. The molecule has 2 aromatic rings. The number of rotatable bonds is 7. The summed E-state index contributed by atoms with van der Waals surface area (Å²) in [5.74, 6) is -2.17. The summed E-state index contributed by atoms with van der Waals surface area (Å²) < 4.78 is 4.88. The number of nitrogens with zero attached hydrogens (tertiary/aromatic N) is 1. The average molecular weight is 386 g/mol. The molecule has 0 heterocycles. The van der Waals surface area contributed by atoms with E-state index in [2.05, 4.69) is 10.7 Å². The highest BCUT2D eigenvalue weighted by Gasteiger charge is 2.19. The molecular formula is C18H18N4O6. The lowest BCUT2D eigenvalue weighted by atomic mass is 10.1. The van der Waals surface area contributed by atoms with Gasteiger partial charge in [0.15, 0.2) is 6.61 Å². The Kier molecular flexibility index (Phi) is 7.03. The molecule has 0 saturated carbocycles. The number of hydrogen-bond acceptors (Lipinski definition) is 7. The van der Waals surface area contributed by atoms with Crippen LogP contribution in [0.15, 0.2) is 48.5 Å². The number of hydrazine groups is 1. The van der Waals surface area contributed by atoms with Crippen LogP contribution in [0.3, 0.4) is 0 Å². The van der Waals surface area contributed by atoms with Crippen molar-refractivity contribution in [1.29, 1.82) is 0 Å². The Morgan fingerprint density at radius 2 is 1.79 bits per heavy atom. The second kappa shape index (κ2) is 9.67. The van der Waals surface area contributed by atoms with Crippen molar-refractivity contribution in [2.24, 2.45) is 0 Å². The smallest absolute Gasteiger partial charge is 0.341 e. The summed E-state index contributed by atoms with van der Waals surface area (Å²) >= 11 is 0. The number of benzene rings is 2. The summed E-state index contributed by atoms with van der Waals surface area (Å²) in [6, 6.07) is 13.1. The molecule has 146 valence electrons. The number of carbonyl (C=O) groups is 3. The Labute approximate surface area is 160 Å². The molecule has 0 spiro atoms. The standard InChI is InChI=1S/C18H18N4O6/c1-12(23)20-21-17(24)11-28-18(25)15-9-14(22(26)27)7-8-16(15)19-10-13-5-3-2-4-6-13/h2-9,19H,10-11H2,1H3,(H,20,23)(H,21,24). The fourth-order valence-corrected chi connectivity index (χ4v) is 2.16. The number of amides is 2. The summed E-state index contributed by atoms with van der Waals surface area (Å²) in [6.45, 7) is 0.905. The molecule has 0 bridgehead atoms. The first kappa shape index (κ1) is 20.4. The van der Waals surface area contributed by atoms with E-state index >= 15 is 0 Å². The first-order valence-electron chi connectivity index (χ1n) is 8.15. The van der Waals surface area contributed by atoms with Crippen molar-refractivity contribution in [2.45, 2.75) is 13.5 Å². The van der Waals surface area contributed by atoms with Gasteiger partial charge in [0.25, 0.3) is 11.6 Å². The first-order valence-corrected chi connectivity index (χ1v) is 8.15. The molecule has 2 rings (SSSR count). The van der Waals surface area contributed by atoms with Gasteiger partial charge in [-0.3, -0.25) is 30.6 Å². The van der Waals surface area contributed by atoms with Crippen molar-refractivity contribution in [2.75, 3.05) is 11.9 Å². The number of nitro benzene ring substituents is 1. The zero-order valence-corrected chi connectivity index (χ0v) is 14.9. The third-order valence-corrected chi connectivity index (χ3v) is 3.47. The summed E-state index contributed by atoms with van der Waals surface area (Å²) in [5, 5.41) is 14.0. The average Bonchev–Trinajstić information content (AvgIpc) is 2.69. The first-order chi connectivity index (χ1) is 13.4. The molecule has 0 aromatic heterocycles. The molecule has 0 fully saturated rings. The van der Waals surface area contributed by atoms with Crippen LogP contribution in [-0.4, -0.2) is 29.3 Å². The molecule has 0 radical (unpaired) electrons. The highest BCUT2D eigenvalue weighted by molar-refractivity contribution is 5.97. The van der Waals surface area contributed by atoms with Gasteiger partial charge in [0.2, 0.25) is 5.91 Å². The number of nitro groups is 1. The van der Waals surface area contributed by atoms with Crippen molar-refractivity contribution in [3.8, 4) is 0 Å². The fraction of sp³-hybridized carbons (Fsp3) is 0.167. The quantitative estimate of drug-likeness (QED) is 0.372. The molecule has 0 saturated heterocycles. The highest BCUT2D eigenvalue weighted by Crippen LogP contribution is 2.23. The maximum Gasteiger partial charge on any atom is 0.341 e. The number of anilines is 1. The Bertz CT molecular complexity index is 885. The van der Waals surface area contributed by atoms with Crippen molar-refractivity contribution in [1.82, 2.24) is 10.9 Å². The van der Waals surface area contributed by atoms with Crippen LogP contribution in [0.4, 0.5) is 11.4 Å². The van der Waals surface area contributed by atoms with Crippen LogP contribution in [-0.2, 0) is 20.9 Å². The highest BCUT2D eigenvalue weighted by atomic mass is 16.6. The predicted octanol–water partition coefficient (Wildman–Crippen LogP) is 1.53. The molecule has 28 heavy (non-hydrogen) atoms. The van der Waals surface area contributed by atoms with Crippen molar-refractivity contribution >= 4 is 29.2 Å². The van der Waals surface area contributed by atoms with E-state index in [0.717, 1.165) is 11.6 Å². The SMILES string of the molecule is CC(=O)NNC(=O)COC(=O)c1cc([N+](=O)[O-])ccc1NCc1ccccc1. The summed E-state index contributed by atoms with van der Waals surface area (Å²) in [7, 11) is 0. The molecule has 0 atom stereocenters. The van der Waals surface area contributed by atoms with E-state index in [0.29, 0.717) is 12.2 Å². The third kappa shape index (κ3) is 6.09. The minimum Gasteiger partial charge on any atom is -0.452 e. The molecule has 2 aromatic carbocycles. The number of carbonyl (C=O) groups excluding carboxylic acids is 3. The van der Waals surface area contributed by atoms with Gasteiger partial charge < -0.3 is 10.1 Å². The second-order valence-corrected chi connectivity index (χ2v) is 5.63. The maximum absolute atomic E-state index is 12.3. The molecule has 0 aliphatic rings. The lowest BCUT2D eigenvalue weighted by molar-refractivity contribution is -0.384. The van der Waals surface area contributed by atoms with Crippen LogP contribution in [0.2, 0.25) is 0 Å². The van der Waals surface area contributed by atoms with Crippen molar-refractivity contribution in [3.05, 3.63) is 69.8 Å². The van der Waals surface area contributed by atoms with Gasteiger partial charge in [-0.15, -0.1) is 0 Å². The number of hydrogen-bond donors (Lipinski definition) is 3. The van der Waals surface area contributed by atoms with E-state index in [1.807, 2.05) is 35.8 Å². The number of nitrogens with one attached hydrogen (secondary N) is 3. The Morgan fingerprint density at radius 1 is 1.07 bits per heavy atom. The van der Waals surface area contributed by atoms with Crippen LogP contribution in [0.5, 0.6) is 0 Å². The molecule has 2 amide bonds. The van der Waals surface area contributed by atoms with E-state index in [1.54, 1.807) is 0 Å². The summed E-state index contributed by atoms with van der Waals surface area (Å²) in [5.41, 5.74) is 4.97. The topological polar surface area (TPSA) is 140 Å². The molecule has 0 unspecified atom stereocenters. The fourth-order valence-electron chi connectivity index (χ4n) is 2.16. The van der Waals surface area contributed by atoms with Crippen molar-refractivity contribution in [3.63, 3.8) is 0 Å². The third-order valence-electron chi connectivity index (χ3n) is 3.47. The van der Waals surface area contributed by atoms with Gasteiger partial charge in [0.05, 0.1) is 10.5 Å². The summed E-state index contributed by atoms with van der Waals surface area (Å²) in [6.07, 6.45) is 0. The van der Waals surface area contributed by atoms with E-state index in [-0.39, 0.29) is 11.3 Å². The number of esters is 1. The second-order valence-electron chi connectivity index (χ2n) is 5.63. The lowest BCUT2D eigenvalue weighted by Gasteiger charge is -2.12. The van der Waals surface area contributed by atoms with Crippen LogP contribution >= 0.6 is 0 Å². The zero-order chi connectivity index (χ0) is 20.5. The Morgan fingerprint density at radius 3 is 2.43 bits per heavy atom. The van der Waals surface area contributed by atoms with Gasteiger partial charge in [-0.05, 0) is 11.6 Å². The molecule has 10 heteroatoms. The van der Waals surface area contributed by atoms with Gasteiger partial charge in [-0.25, -0.2) is 4.79 Å². The Balaban J connectivity index is 2.11. The molecule has 0 aliphatic carbocycles. The lowest BCUT2D eigenvalue weighted by Crippen LogP contribution is -2.42. The molecule has 3 N–H and O–H groups in total. The van der Waals surface area contributed by atoms with Gasteiger partial charge >= 0.3 is 5.97 Å².